The maximum Gasteiger partial charge on any atom is 0.0961 e. The van der Waals surface area contributed by atoms with Gasteiger partial charge in [0.1, 0.15) is 0 Å². The van der Waals surface area contributed by atoms with Crippen molar-refractivity contribution in [2.75, 3.05) is 6.54 Å². The average molecular weight is 148 g/mol. The molecule has 0 aliphatic rings. The summed E-state index contributed by atoms with van der Waals surface area (Å²) in [6.07, 6.45) is -1.15. The number of nitrogens with two attached hydrogens (primary N) is 2. The number of aliphatic hydroxyl groups excluding tert-OH is 2. The summed E-state index contributed by atoms with van der Waals surface area (Å²) in [5, 5.41) is 18.1. The Kier molecular flexibility index (Phi) is 4.55. The van der Waals surface area contributed by atoms with Crippen LogP contribution in [0.25, 0.3) is 0 Å². The standard InChI is InChI=1S/C6H16N2O2/c1-2-4(8)6(10)5(9)3-7/h4-6,9-10H,2-3,7-8H2,1H3/t4-,5+,6-/m0/s1. The molecule has 0 aromatic carbocycles. The van der Waals surface area contributed by atoms with Crippen molar-refractivity contribution in [3.05, 3.63) is 0 Å². The Morgan fingerprint density at radius 2 is 1.90 bits per heavy atom. The van der Waals surface area contributed by atoms with Gasteiger partial charge in [0.2, 0.25) is 0 Å². The molecule has 0 fully saturated rings. The molecule has 0 spiro atoms. The minimum absolute atomic E-state index is 0.0505. The predicted octanol–water partition coefficient (Wildman–Crippen LogP) is -1.60. The Morgan fingerprint density at radius 1 is 1.40 bits per heavy atom. The summed E-state index contributed by atoms with van der Waals surface area (Å²) in [7, 11) is 0. The van der Waals surface area contributed by atoms with Gasteiger partial charge in [0, 0.05) is 12.6 Å². The molecule has 3 atom stereocenters. The first kappa shape index (κ1) is 9.84. The molecule has 0 saturated carbocycles. The van der Waals surface area contributed by atoms with Crippen LogP contribution in [0.3, 0.4) is 0 Å². The first-order valence-corrected chi connectivity index (χ1v) is 3.45. The van der Waals surface area contributed by atoms with E-state index in [1.807, 2.05) is 6.92 Å². The largest absolute Gasteiger partial charge is 0.389 e. The molecule has 0 bridgehead atoms. The zero-order valence-electron chi connectivity index (χ0n) is 6.20. The van der Waals surface area contributed by atoms with Crippen LogP contribution in [0, 0.1) is 0 Å². The molecule has 62 valence electrons. The Labute approximate surface area is 60.8 Å². The molecular formula is C6H16N2O2. The molecule has 4 nitrogen and oxygen atoms in total. The van der Waals surface area contributed by atoms with Gasteiger partial charge in [0.25, 0.3) is 0 Å². The molecule has 0 aliphatic heterocycles. The summed E-state index contributed by atoms with van der Waals surface area (Å²) >= 11 is 0. The van der Waals surface area contributed by atoms with E-state index in [0.29, 0.717) is 6.42 Å². The molecule has 0 heterocycles. The van der Waals surface area contributed by atoms with Gasteiger partial charge >= 0.3 is 0 Å². The third-order valence-corrected chi connectivity index (χ3v) is 1.55. The quantitative estimate of drug-likeness (QED) is 0.386. The fourth-order valence-corrected chi connectivity index (χ4v) is 0.666. The third kappa shape index (κ3) is 2.62. The number of rotatable bonds is 4. The van der Waals surface area contributed by atoms with Gasteiger partial charge in [0.05, 0.1) is 12.2 Å². The van der Waals surface area contributed by atoms with E-state index in [0.717, 1.165) is 0 Å². The smallest absolute Gasteiger partial charge is 0.0961 e. The Hall–Kier alpha value is -0.160. The first-order chi connectivity index (χ1) is 4.63. The molecule has 0 unspecified atom stereocenters. The van der Waals surface area contributed by atoms with Gasteiger partial charge in [-0.05, 0) is 6.42 Å². The van der Waals surface area contributed by atoms with E-state index < -0.39 is 12.2 Å². The van der Waals surface area contributed by atoms with Crippen LogP contribution >= 0.6 is 0 Å². The van der Waals surface area contributed by atoms with Crippen LogP contribution in [0.4, 0.5) is 0 Å². The second kappa shape index (κ2) is 4.62. The third-order valence-electron chi connectivity index (χ3n) is 1.55. The van der Waals surface area contributed by atoms with Crippen LogP contribution in [-0.2, 0) is 0 Å². The Balaban J connectivity index is 3.69. The van der Waals surface area contributed by atoms with Gasteiger partial charge in [0.15, 0.2) is 0 Å². The molecule has 0 aliphatic carbocycles. The van der Waals surface area contributed by atoms with Gasteiger partial charge < -0.3 is 21.7 Å². The molecule has 0 aromatic rings. The van der Waals surface area contributed by atoms with Gasteiger partial charge in [-0.25, -0.2) is 0 Å². The highest BCUT2D eigenvalue weighted by atomic mass is 16.3. The molecule has 0 radical (unpaired) electrons. The van der Waals surface area contributed by atoms with Crippen LogP contribution in [0.2, 0.25) is 0 Å². The van der Waals surface area contributed by atoms with Gasteiger partial charge in [-0.2, -0.15) is 0 Å². The van der Waals surface area contributed by atoms with Crippen molar-refractivity contribution < 1.29 is 10.2 Å². The minimum atomic E-state index is -0.894. The molecule has 4 heteroatoms. The Bertz CT molecular complexity index is 79.8. The lowest BCUT2D eigenvalue weighted by atomic mass is 10.0. The maximum atomic E-state index is 9.13. The summed E-state index contributed by atoms with van der Waals surface area (Å²) in [6, 6.07) is -0.376. The fraction of sp³-hybridized carbons (Fsp3) is 1.00. The van der Waals surface area contributed by atoms with Gasteiger partial charge in [-0.15, -0.1) is 0 Å². The Morgan fingerprint density at radius 3 is 2.20 bits per heavy atom. The summed E-state index contributed by atoms with van der Waals surface area (Å²) in [6.45, 7) is 1.89. The highest BCUT2D eigenvalue weighted by Gasteiger charge is 2.20. The van der Waals surface area contributed by atoms with Crippen molar-refractivity contribution in [2.24, 2.45) is 11.5 Å². The van der Waals surface area contributed by atoms with Gasteiger partial charge in [-0.3, -0.25) is 0 Å². The van der Waals surface area contributed by atoms with Crippen molar-refractivity contribution in [3.8, 4) is 0 Å². The summed E-state index contributed by atoms with van der Waals surface area (Å²) in [5.74, 6) is 0. The molecule has 0 amide bonds. The number of aliphatic hydroxyl groups is 2. The molecule has 10 heavy (non-hydrogen) atoms. The van der Waals surface area contributed by atoms with Crippen LogP contribution in [-0.4, -0.2) is 35.0 Å². The first-order valence-electron chi connectivity index (χ1n) is 3.45. The van der Waals surface area contributed by atoms with Crippen LogP contribution in [0.5, 0.6) is 0 Å². The molecular weight excluding hydrogens is 132 g/mol. The van der Waals surface area contributed by atoms with Crippen LogP contribution in [0.15, 0.2) is 0 Å². The second-order valence-corrected chi connectivity index (χ2v) is 2.37. The minimum Gasteiger partial charge on any atom is -0.389 e. The lowest BCUT2D eigenvalue weighted by Gasteiger charge is -2.21. The summed E-state index contributed by atoms with van der Waals surface area (Å²) < 4.78 is 0. The van der Waals surface area contributed by atoms with Crippen molar-refractivity contribution in [1.82, 2.24) is 0 Å². The van der Waals surface area contributed by atoms with E-state index >= 15 is 0 Å². The van der Waals surface area contributed by atoms with E-state index in [2.05, 4.69) is 0 Å². The van der Waals surface area contributed by atoms with E-state index in [9.17, 15) is 0 Å². The van der Waals surface area contributed by atoms with Crippen LogP contribution in [0.1, 0.15) is 13.3 Å². The second-order valence-electron chi connectivity index (χ2n) is 2.37. The van der Waals surface area contributed by atoms with Crippen molar-refractivity contribution in [2.45, 2.75) is 31.6 Å². The maximum absolute atomic E-state index is 9.13. The lowest BCUT2D eigenvalue weighted by molar-refractivity contribution is 0.00893. The highest BCUT2D eigenvalue weighted by molar-refractivity contribution is 4.77. The van der Waals surface area contributed by atoms with Crippen molar-refractivity contribution in [3.63, 3.8) is 0 Å². The SMILES string of the molecule is CC[C@H](N)[C@H](O)[C@H](O)CN. The van der Waals surface area contributed by atoms with Gasteiger partial charge in [-0.1, -0.05) is 6.92 Å². The molecule has 6 N–H and O–H groups in total. The zero-order valence-corrected chi connectivity index (χ0v) is 6.20. The van der Waals surface area contributed by atoms with E-state index in [4.69, 9.17) is 21.7 Å². The lowest BCUT2D eigenvalue weighted by Crippen LogP contribution is -2.45. The van der Waals surface area contributed by atoms with E-state index in [-0.39, 0.29) is 12.6 Å². The van der Waals surface area contributed by atoms with Crippen molar-refractivity contribution >= 4 is 0 Å². The number of hydrogen-bond acceptors (Lipinski definition) is 4. The topological polar surface area (TPSA) is 92.5 Å². The monoisotopic (exact) mass is 148 g/mol. The summed E-state index contributed by atoms with van der Waals surface area (Å²) in [4.78, 5) is 0. The van der Waals surface area contributed by atoms with Crippen LogP contribution < -0.4 is 11.5 Å². The molecule has 0 rings (SSSR count). The van der Waals surface area contributed by atoms with Crippen molar-refractivity contribution in [1.29, 1.82) is 0 Å². The summed E-state index contributed by atoms with van der Waals surface area (Å²) in [5.41, 5.74) is 10.5. The normalized spacial score (nSPS) is 20.1. The fourth-order valence-electron chi connectivity index (χ4n) is 0.666. The molecule has 0 aromatic heterocycles. The average Bonchev–Trinajstić information content (AvgIpc) is 2.00. The van der Waals surface area contributed by atoms with E-state index in [1.54, 1.807) is 0 Å². The number of hydrogen-bond donors (Lipinski definition) is 4. The highest BCUT2D eigenvalue weighted by Crippen LogP contribution is 1.99. The van der Waals surface area contributed by atoms with E-state index in [1.165, 1.54) is 0 Å². The molecule has 0 saturated heterocycles. The zero-order chi connectivity index (χ0) is 8.15. The predicted molar refractivity (Wildman–Crippen MR) is 39.3 cm³/mol.